The average Bonchev–Trinajstić information content (AvgIpc) is 3.02. The van der Waals surface area contributed by atoms with Crippen molar-refractivity contribution >= 4 is 39.0 Å². The van der Waals surface area contributed by atoms with Gasteiger partial charge in [-0.1, -0.05) is 24.6 Å². The topological polar surface area (TPSA) is 78.5 Å². The number of hydrogen-bond donors (Lipinski definition) is 2. The fourth-order valence-electron chi connectivity index (χ4n) is 2.85. The zero-order valence-corrected chi connectivity index (χ0v) is 15.9. The smallest absolute Gasteiger partial charge is 0.321 e. The van der Waals surface area contributed by atoms with E-state index >= 15 is 0 Å². The monoisotopic (exact) mass is 393 g/mol. The molecular weight excluding hydrogens is 374 g/mol. The average molecular weight is 394 g/mol. The first-order chi connectivity index (χ1) is 12.4. The van der Waals surface area contributed by atoms with Crippen LogP contribution in [0.25, 0.3) is 0 Å². The molecule has 0 radical (unpaired) electrons. The quantitative estimate of drug-likeness (QED) is 0.814. The van der Waals surface area contributed by atoms with Gasteiger partial charge in [-0.05, 0) is 54.8 Å². The number of carbonyl (C=O) groups excluding carboxylic acids is 1. The van der Waals surface area contributed by atoms with Crippen molar-refractivity contribution in [2.45, 2.75) is 24.7 Å². The van der Waals surface area contributed by atoms with Gasteiger partial charge in [-0.2, -0.15) is 0 Å². The van der Waals surface area contributed by atoms with Crippen LogP contribution in [-0.2, 0) is 16.4 Å². The third-order valence-corrected chi connectivity index (χ3v) is 5.72. The number of hydrogen-bond acceptors (Lipinski definition) is 3. The molecule has 2 amide bonds. The number of anilines is 2. The Morgan fingerprint density at radius 3 is 2.77 bits per heavy atom. The lowest BCUT2D eigenvalue weighted by molar-refractivity contribution is 0.247. The van der Waals surface area contributed by atoms with Crippen LogP contribution in [-0.4, -0.2) is 27.5 Å². The summed E-state index contributed by atoms with van der Waals surface area (Å²) >= 11 is 5.90. The van der Waals surface area contributed by atoms with E-state index in [1.54, 1.807) is 41.3 Å². The normalized spacial score (nSPS) is 13.4. The number of fused-ring (bicyclic) bond motifs is 1. The van der Waals surface area contributed by atoms with E-state index in [9.17, 15) is 13.2 Å². The van der Waals surface area contributed by atoms with Crippen LogP contribution in [0.4, 0.5) is 16.2 Å². The number of benzene rings is 2. The largest absolute Gasteiger partial charge is 0.338 e. The predicted octanol–water partition coefficient (Wildman–Crippen LogP) is 3.62. The first kappa shape index (κ1) is 18.5. The van der Waals surface area contributed by atoms with Crippen molar-refractivity contribution in [3.63, 3.8) is 0 Å². The SMILES string of the molecule is CCCNC(=O)N1CCc2cc(S(=O)(=O)Nc3cccc(Cl)c3)ccc21. The number of rotatable bonds is 5. The second-order valence-electron chi connectivity index (χ2n) is 6.04. The van der Waals surface area contributed by atoms with Crippen molar-refractivity contribution < 1.29 is 13.2 Å². The molecule has 0 aromatic heterocycles. The highest BCUT2D eigenvalue weighted by atomic mass is 35.5. The van der Waals surface area contributed by atoms with Gasteiger partial charge in [-0.3, -0.25) is 9.62 Å². The molecule has 1 heterocycles. The highest BCUT2D eigenvalue weighted by molar-refractivity contribution is 7.92. The Labute approximate surface area is 158 Å². The van der Waals surface area contributed by atoms with Crippen LogP contribution >= 0.6 is 11.6 Å². The third-order valence-electron chi connectivity index (χ3n) is 4.11. The second-order valence-corrected chi connectivity index (χ2v) is 8.16. The molecule has 0 aliphatic carbocycles. The van der Waals surface area contributed by atoms with Gasteiger partial charge in [0.05, 0.1) is 10.6 Å². The van der Waals surface area contributed by atoms with E-state index in [1.807, 2.05) is 6.92 Å². The first-order valence-electron chi connectivity index (χ1n) is 8.37. The number of nitrogens with one attached hydrogen (secondary N) is 2. The van der Waals surface area contributed by atoms with Crippen molar-refractivity contribution in [3.05, 3.63) is 53.1 Å². The van der Waals surface area contributed by atoms with Gasteiger partial charge in [0.2, 0.25) is 0 Å². The molecule has 2 aromatic carbocycles. The van der Waals surface area contributed by atoms with Gasteiger partial charge in [-0.25, -0.2) is 13.2 Å². The first-order valence-corrected chi connectivity index (χ1v) is 10.2. The molecule has 2 N–H and O–H groups in total. The minimum absolute atomic E-state index is 0.154. The minimum Gasteiger partial charge on any atom is -0.338 e. The highest BCUT2D eigenvalue weighted by Crippen LogP contribution is 2.31. The molecule has 26 heavy (non-hydrogen) atoms. The maximum absolute atomic E-state index is 12.6. The Balaban J connectivity index is 1.82. The van der Waals surface area contributed by atoms with E-state index in [4.69, 9.17) is 11.6 Å². The Morgan fingerprint density at radius 2 is 2.04 bits per heavy atom. The fraction of sp³-hybridized carbons (Fsp3) is 0.278. The summed E-state index contributed by atoms with van der Waals surface area (Å²) in [6.45, 7) is 3.14. The molecule has 6 nitrogen and oxygen atoms in total. The Bertz CT molecular complexity index is 931. The van der Waals surface area contributed by atoms with Crippen molar-refractivity contribution in [3.8, 4) is 0 Å². The predicted molar refractivity (Wildman–Crippen MR) is 103 cm³/mol. The van der Waals surface area contributed by atoms with E-state index in [-0.39, 0.29) is 10.9 Å². The lowest BCUT2D eigenvalue weighted by atomic mass is 10.2. The molecule has 3 rings (SSSR count). The molecule has 0 bridgehead atoms. The summed E-state index contributed by atoms with van der Waals surface area (Å²) < 4.78 is 27.8. The van der Waals surface area contributed by atoms with E-state index < -0.39 is 10.0 Å². The van der Waals surface area contributed by atoms with Gasteiger partial charge in [0.25, 0.3) is 10.0 Å². The third kappa shape index (κ3) is 3.94. The maximum atomic E-state index is 12.6. The second kappa shape index (κ2) is 7.55. The van der Waals surface area contributed by atoms with Gasteiger partial charge in [0, 0.05) is 23.8 Å². The van der Waals surface area contributed by atoms with Crippen molar-refractivity contribution in [2.75, 3.05) is 22.7 Å². The van der Waals surface area contributed by atoms with Gasteiger partial charge in [-0.15, -0.1) is 0 Å². The molecule has 138 valence electrons. The Kier molecular flexibility index (Phi) is 5.38. The lowest BCUT2D eigenvalue weighted by Gasteiger charge is -2.18. The number of amides is 2. The summed E-state index contributed by atoms with van der Waals surface area (Å²) in [5.41, 5.74) is 1.99. The zero-order valence-electron chi connectivity index (χ0n) is 14.3. The van der Waals surface area contributed by atoms with Crippen LogP contribution in [0.15, 0.2) is 47.4 Å². The lowest BCUT2D eigenvalue weighted by Crippen LogP contribution is -2.39. The van der Waals surface area contributed by atoms with Gasteiger partial charge >= 0.3 is 6.03 Å². The van der Waals surface area contributed by atoms with Gasteiger partial charge in [0.1, 0.15) is 0 Å². The molecule has 0 spiro atoms. The Morgan fingerprint density at radius 1 is 1.23 bits per heavy atom. The van der Waals surface area contributed by atoms with Crippen LogP contribution in [0.3, 0.4) is 0 Å². The van der Waals surface area contributed by atoms with Crippen LogP contribution < -0.4 is 14.9 Å². The number of halogens is 1. The van der Waals surface area contributed by atoms with Gasteiger partial charge in [0.15, 0.2) is 0 Å². The van der Waals surface area contributed by atoms with E-state index in [0.717, 1.165) is 17.7 Å². The summed E-state index contributed by atoms with van der Waals surface area (Å²) in [5, 5.41) is 3.29. The number of carbonyl (C=O) groups is 1. The Hall–Kier alpha value is -2.25. The summed E-state index contributed by atoms with van der Waals surface area (Å²) in [6.07, 6.45) is 1.48. The molecule has 0 saturated carbocycles. The number of nitrogens with zero attached hydrogens (tertiary/aromatic N) is 1. The molecule has 0 saturated heterocycles. The molecule has 0 unspecified atom stereocenters. The van der Waals surface area contributed by atoms with Crippen LogP contribution in [0, 0.1) is 0 Å². The number of sulfonamides is 1. The molecule has 2 aromatic rings. The molecule has 0 fully saturated rings. The minimum atomic E-state index is -3.73. The standard InChI is InChI=1S/C18H20ClN3O3S/c1-2-9-20-18(23)22-10-8-13-11-16(6-7-17(13)22)26(24,25)21-15-5-3-4-14(19)12-15/h3-7,11-12,21H,2,8-10H2,1H3,(H,20,23). The van der Waals surface area contributed by atoms with Crippen LogP contribution in [0.5, 0.6) is 0 Å². The summed E-state index contributed by atoms with van der Waals surface area (Å²) in [5.74, 6) is 0. The van der Waals surface area contributed by atoms with Gasteiger partial charge < -0.3 is 5.32 Å². The summed E-state index contributed by atoms with van der Waals surface area (Å²) in [6, 6.07) is 11.2. The highest BCUT2D eigenvalue weighted by Gasteiger charge is 2.26. The molecule has 1 aliphatic heterocycles. The molecular formula is C18H20ClN3O3S. The molecule has 0 atom stereocenters. The fourth-order valence-corrected chi connectivity index (χ4v) is 4.14. The molecule has 8 heteroatoms. The maximum Gasteiger partial charge on any atom is 0.321 e. The summed E-state index contributed by atoms with van der Waals surface area (Å²) in [7, 11) is -3.73. The van der Waals surface area contributed by atoms with Crippen LogP contribution in [0.1, 0.15) is 18.9 Å². The van der Waals surface area contributed by atoms with E-state index in [0.29, 0.717) is 30.2 Å². The van der Waals surface area contributed by atoms with Crippen molar-refractivity contribution in [1.82, 2.24) is 5.32 Å². The van der Waals surface area contributed by atoms with Crippen molar-refractivity contribution in [2.24, 2.45) is 0 Å². The zero-order chi connectivity index (χ0) is 18.7. The van der Waals surface area contributed by atoms with E-state index in [1.165, 1.54) is 6.07 Å². The summed E-state index contributed by atoms with van der Waals surface area (Å²) in [4.78, 5) is 14.0. The van der Waals surface area contributed by atoms with Crippen molar-refractivity contribution in [1.29, 1.82) is 0 Å². The molecule has 1 aliphatic rings. The number of urea groups is 1. The van der Waals surface area contributed by atoms with E-state index in [2.05, 4.69) is 10.0 Å². The van der Waals surface area contributed by atoms with Crippen LogP contribution in [0.2, 0.25) is 5.02 Å².